The lowest BCUT2D eigenvalue weighted by atomic mass is 10.1. The minimum absolute atomic E-state index is 0.738. The number of pyridine rings is 1. The highest BCUT2D eigenvalue weighted by Crippen LogP contribution is 2.26. The van der Waals surface area contributed by atoms with Gasteiger partial charge in [-0.15, -0.1) is 5.54 Å². The van der Waals surface area contributed by atoms with Crippen LogP contribution in [0, 0.1) is 11.5 Å². The van der Waals surface area contributed by atoms with Gasteiger partial charge in [0.05, 0.1) is 5.69 Å². The molecule has 2 nitrogen and oxygen atoms in total. The fourth-order valence-corrected chi connectivity index (χ4v) is 2.56. The summed E-state index contributed by atoms with van der Waals surface area (Å²) in [6.45, 7) is 6.70. The standard InChI is InChI=1S/C18H21ClN2Si/c1-21(2)18-12-15(14-6-8-16(19)9-7-14)13-20-17(18)10-11-22(3,4)5/h6-9,12-13H,1-5H3. The molecule has 1 heterocycles. The molecule has 0 aliphatic carbocycles. The Bertz CT molecular complexity index is 719. The fraction of sp³-hybridized carbons (Fsp3) is 0.278. The van der Waals surface area contributed by atoms with Gasteiger partial charge in [-0.2, -0.15) is 0 Å². The molecule has 2 aromatic rings. The first-order valence-corrected chi connectivity index (χ1v) is 11.1. The van der Waals surface area contributed by atoms with Crippen molar-refractivity contribution >= 4 is 25.4 Å². The molecule has 0 unspecified atom stereocenters. The van der Waals surface area contributed by atoms with E-state index in [4.69, 9.17) is 11.6 Å². The molecule has 0 fully saturated rings. The Morgan fingerprint density at radius 2 is 1.68 bits per heavy atom. The second kappa shape index (κ2) is 6.56. The number of nitrogens with zero attached hydrogens (tertiary/aromatic N) is 2. The monoisotopic (exact) mass is 328 g/mol. The molecule has 0 amide bonds. The van der Waals surface area contributed by atoms with Crippen molar-refractivity contribution in [3.8, 4) is 22.6 Å². The molecule has 1 aromatic carbocycles. The zero-order valence-electron chi connectivity index (χ0n) is 13.7. The van der Waals surface area contributed by atoms with E-state index in [0.717, 1.165) is 27.5 Å². The van der Waals surface area contributed by atoms with Crippen LogP contribution in [0.4, 0.5) is 5.69 Å². The average Bonchev–Trinajstić information content (AvgIpc) is 2.45. The van der Waals surface area contributed by atoms with Crippen LogP contribution in [0.15, 0.2) is 36.5 Å². The van der Waals surface area contributed by atoms with Crippen molar-refractivity contribution in [3.05, 3.63) is 47.2 Å². The molecular formula is C18H21ClN2Si. The van der Waals surface area contributed by atoms with E-state index in [1.807, 2.05) is 44.6 Å². The largest absolute Gasteiger partial charge is 0.375 e. The van der Waals surface area contributed by atoms with E-state index in [0.29, 0.717) is 0 Å². The van der Waals surface area contributed by atoms with E-state index in [2.05, 4.69) is 47.1 Å². The van der Waals surface area contributed by atoms with Crippen LogP contribution in [0.3, 0.4) is 0 Å². The first-order chi connectivity index (χ1) is 10.3. The van der Waals surface area contributed by atoms with Gasteiger partial charge in [0.15, 0.2) is 0 Å². The predicted molar refractivity (Wildman–Crippen MR) is 99.2 cm³/mol. The van der Waals surface area contributed by atoms with Crippen molar-refractivity contribution in [1.29, 1.82) is 0 Å². The van der Waals surface area contributed by atoms with Crippen LogP contribution in [0.25, 0.3) is 11.1 Å². The Morgan fingerprint density at radius 3 is 2.23 bits per heavy atom. The molecule has 0 saturated heterocycles. The summed E-state index contributed by atoms with van der Waals surface area (Å²) in [5.41, 5.74) is 7.43. The Hall–Kier alpha value is -1.76. The molecule has 0 saturated carbocycles. The summed E-state index contributed by atoms with van der Waals surface area (Å²) in [5.74, 6) is 3.26. The van der Waals surface area contributed by atoms with E-state index in [9.17, 15) is 0 Å². The first-order valence-electron chi connectivity index (χ1n) is 7.23. The number of anilines is 1. The average molecular weight is 329 g/mol. The third-order valence-corrected chi connectivity index (χ3v) is 4.21. The maximum Gasteiger partial charge on any atom is 0.135 e. The Labute approximate surface area is 139 Å². The van der Waals surface area contributed by atoms with Crippen LogP contribution in [0.1, 0.15) is 5.69 Å². The molecule has 0 aliphatic heterocycles. The van der Waals surface area contributed by atoms with Gasteiger partial charge in [-0.3, -0.25) is 0 Å². The number of aromatic nitrogens is 1. The van der Waals surface area contributed by atoms with Gasteiger partial charge in [0.2, 0.25) is 0 Å². The topological polar surface area (TPSA) is 16.1 Å². The van der Waals surface area contributed by atoms with Crippen molar-refractivity contribution in [2.45, 2.75) is 19.6 Å². The van der Waals surface area contributed by atoms with E-state index in [1.54, 1.807) is 0 Å². The lowest BCUT2D eigenvalue weighted by Crippen LogP contribution is -2.17. The molecule has 1 aromatic heterocycles. The molecule has 0 N–H and O–H groups in total. The number of hydrogen-bond acceptors (Lipinski definition) is 2. The highest BCUT2D eigenvalue weighted by Gasteiger charge is 2.10. The molecule has 22 heavy (non-hydrogen) atoms. The lowest BCUT2D eigenvalue weighted by molar-refractivity contribution is 1.10. The summed E-state index contributed by atoms with van der Waals surface area (Å²) in [4.78, 5) is 6.63. The normalized spacial score (nSPS) is 10.8. The maximum absolute atomic E-state index is 5.95. The van der Waals surface area contributed by atoms with Crippen molar-refractivity contribution in [2.24, 2.45) is 0 Å². The van der Waals surface area contributed by atoms with Crippen molar-refractivity contribution in [3.63, 3.8) is 0 Å². The highest BCUT2D eigenvalue weighted by molar-refractivity contribution is 6.83. The predicted octanol–water partition coefficient (Wildman–Crippen LogP) is 4.70. The van der Waals surface area contributed by atoms with Crippen molar-refractivity contribution in [2.75, 3.05) is 19.0 Å². The third kappa shape index (κ3) is 4.36. The summed E-state index contributed by atoms with van der Waals surface area (Å²) in [6.07, 6.45) is 1.88. The van der Waals surface area contributed by atoms with Gasteiger partial charge in [0.1, 0.15) is 13.8 Å². The van der Waals surface area contributed by atoms with Crippen LogP contribution < -0.4 is 4.90 Å². The molecular weight excluding hydrogens is 308 g/mol. The van der Waals surface area contributed by atoms with E-state index < -0.39 is 8.07 Å². The van der Waals surface area contributed by atoms with Crippen LogP contribution in [-0.4, -0.2) is 27.2 Å². The quantitative estimate of drug-likeness (QED) is 0.587. The molecule has 0 bridgehead atoms. The van der Waals surface area contributed by atoms with Gasteiger partial charge in [-0.05, 0) is 23.8 Å². The highest BCUT2D eigenvalue weighted by atomic mass is 35.5. The minimum Gasteiger partial charge on any atom is -0.375 e. The number of halogens is 1. The number of benzene rings is 1. The van der Waals surface area contributed by atoms with Gasteiger partial charge >= 0.3 is 0 Å². The van der Waals surface area contributed by atoms with Crippen LogP contribution >= 0.6 is 11.6 Å². The smallest absolute Gasteiger partial charge is 0.135 e. The summed E-state index contributed by atoms with van der Waals surface area (Å²) in [6, 6.07) is 9.93. The van der Waals surface area contributed by atoms with Crippen molar-refractivity contribution < 1.29 is 0 Å². The SMILES string of the molecule is CN(C)c1cc(-c2ccc(Cl)cc2)cnc1C#C[Si](C)(C)C. The van der Waals surface area contributed by atoms with Crippen molar-refractivity contribution in [1.82, 2.24) is 4.98 Å². The molecule has 0 atom stereocenters. The van der Waals surface area contributed by atoms with Gasteiger partial charge in [-0.1, -0.05) is 49.3 Å². The molecule has 0 radical (unpaired) electrons. The van der Waals surface area contributed by atoms with E-state index in [-0.39, 0.29) is 0 Å². The molecule has 2 rings (SSSR count). The van der Waals surface area contributed by atoms with Crippen LogP contribution in [0.5, 0.6) is 0 Å². The Morgan fingerprint density at radius 1 is 1.05 bits per heavy atom. The van der Waals surface area contributed by atoms with Gasteiger partial charge in [-0.25, -0.2) is 4.98 Å². The fourth-order valence-electron chi connectivity index (χ4n) is 1.94. The summed E-state index contributed by atoms with van der Waals surface area (Å²) in [7, 11) is 2.62. The molecule has 114 valence electrons. The van der Waals surface area contributed by atoms with Gasteiger partial charge < -0.3 is 4.90 Å². The first kappa shape index (κ1) is 16.6. The maximum atomic E-state index is 5.95. The Kier molecular flexibility index (Phi) is 4.95. The lowest BCUT2D eigenvalue weighted by Gasteiger charge is -2.16. The minimum atomic E-state index is -1.42. The van der Waals surface area contributed by atoms with Gasteiger partial charge in [0, 0.05) is 30.9 Å². The molecule has 0 spiro atoms. The Balaban J connectivity index is 2.47. The second-order valence-electron chi connectivity index (χ2n) is 6.49. The zero-order chi connectivity index (χ0) is 16.3. The summed E-state index contributed by atoms with van der Waals surface area (Å²) in [5, 5.41) is 0.738. The molecule has 4 heteroatoms. The third-order valence-electron chi connectivity index (χ3n) is 3.08. The van der Waals surface area contributed by atoms with Gasteiger partial charge in [0.25, 0.3) is 0 Å². The van der Waals surface area contributed by atoms with Crippen LogP contribution in [0.2, 0.25) is 24.7 Å². The number of rotatable bonds is 2. The van der Waals surface area contributed by atoms with Crippen LogP contribution in [-0.2, 0) is 0 Å². The zero-order valence-corrected chi connectivity index (χ0v) is 15.5. The number of hydrogen-bond donors (Lipinski definition) is 0. The molecule has 0 aliphatic rings. The summed E-state index contributed by atoms with van der Waals surface area (Å²) >= 11 is 5.95. The van der Waals surface area contributed by atoms with E-state index >= 15 is 0 Å². The second-order valence-corrected chi connectivity index (χ2v) is 11.7. The summed E-state index contributed by atoms with van der Waals surface area (Å²) < 4.78 is 0. The van der Waals surface area contributed by atoms with E-state index in [1.165, 1.54) is 0 Å².